The maximum atomic E-state index is 10.3. The van der Waals surface area contributed by atoms with Crippen LogP contribution in [0.3, 0.4) is 0 Å². The van der Waals surface area contributed by atoms with Gasteiger partial charge >= 0.3 is 5.97 Å². The molecule has 3 heteroatoms. The predicted molar refractivity (Wildman–Crippen MR) is 109 cm³/mol. The summed E-state index contributed by atoms with van der Waals surface area (Å²) in [4.78, 5) is 10.3. The van der Waals surface area contributed by atoms with Gasteiger partial charge in [0, 0.05) is 13.0 Å². The van der Waals surface area contributed by atoms with E-state index in [1.54, 1.807) is 0 Å². The second-order valence-electron chi connectivity index (χ2n) is 6.81. The lowest BCUT2D eigenvalue weighted by Crippen LogP contribution is -1.93. The van der Waals surface area contributed by atoms with Crippen LogP contribution in [0.25, 0.3) is 0 Å². The molecule has 0 spiro atoms. The van der Waals surface area contributed by atoms with Gasteiger partial charge in [-0.05, 0) is 38.5 Å². The summed E-state index contributed by atoms with van der Waals surface area (Å²) in [6.07, 6.45) is 23.3. The average molecular weight is 357 g/mol. The van der Waals surface area contributed by atoms with E-state index in [4.69, 9.17) is 10.2 Å². The number of carboxylic acids is 1. The first-order valence-corrected chi connectivity index (χ1v) is 10.7. The van der Waals surface area contributed by atoms with Crippen LogP contribution in [0.1, 0.15) is 117 Å². The molecule has 0 unspecified atom stereocenters. The maximum absolute atomic E-state index is 10.3. The quantitative estimate of drug-likeness (QED) is 0.220. The van der Waals surface area contributed by atoms with Crippen LogP contribution in [0.4, 0.5) is 0 Å². The molecule has 0 atom stereocenters. The van der Waals surface area contributed by atoms with E-state index in [1.807, 2.05) is 0 Å². The van der Waals surface area contributed by atoms with Crippen LogP contribution >= 0.6 is 0 Å². The van der Waals surface area contributed by atoms with Crippen LogP contribution in [0, 0.1) is 0 Å². The first-order chi connectivity index (χ1) is 12.2. The van der Waals surface area contributed by atoms with E-state index in [2.05, 4.69) is 26.0 Å². The molecule has 0 saturated carbocycles. The Morgan fingerprint density at radius 2 is 1.12 bits per heavy atom. The normalized spacial score (nSPS) is 10.7. The van der Waals surface area contributed by atoms with Gasteiger partial charge in [-0.25, -0.2) is 0 Å². The highest BCUT2D eigenvalue weighted by molar-refractivity contribution is 5.66. The zero-order valence-electron chi connectivity index (χ0n) is 17.0. The molecule has 3 nitrogen and oxygen atoms in total. The number of carbonyl (C=O) groups is 1. The van der Waals surface area contributed by atoms with Crippen molar-refractivity contribution >= 4 is 5.97 Å². The Bertz CT molecular complexity index is 272. The monoisotopic (exact) mass is 356 g/mol. The van der Waals surface area contributed by atoms with Crippen molar-refractivity contribution in [2.45, 2.75) is 117 Å². The van der Waals surface area contributed by atoms with Crippen molar-refractivity contribution in [1.29, 1.82) is 0 Å². The van der Waals surface area contributed by atoms with Crippen molar-refractivity contribution in [3.05, 3.63) is 12.2 Å². The number of rotatable bonds is 17. The van der Waals surface area contributed by atoms with Gasteiger partial charge in [-0.15, -0.1) is 0 Å². The van der Waals surface area contributed by atoms with Crippen LogP contribution in [-0.2, 0) is 4.79 Å². The lowest BCUT2D eigenvalue weighted by atomic mass is 10.1. The van der Waals surface area contributed by atoms with E-state index in [-0.39, 0.29) is 0 Å². The van der Waals surface area contributed by atoms with Crippen molar-refractivity contribution in [2.75, 3.05) is 6.61 Å². The molecular weight excluding hydrogens is 312 g/mol. The fourth-order valence-corrected chi connectivity index (χ4v) is 2.51. The Kier molecular flexibility index (Phi) is 26.8. The van der Waals surface area contributed by atoms with Crippen molar-refractivity contribution in [3.63, 3.8) is 0 Å². The molecule has 0 aliphatic rings. The summed E-state index contributed by atoms with van der Waals surface area (Å²) in [5, 5.41) is 16.6. The number of aliphatic hydroxyl groups excluding tert-OH is 1. The molecule has 0 aromatic rings. The highest BCUT2D eigenvalue weighted by Gasteiger charge is 1.95. The third-order valence-electron chi connectivity index (χ3n) is 4.16. The van der Waals surface area contributed by atoms with E-state index in [9.17, 15) is 4.79 Å². The summed E-state index contributed by atoms with van der Waals surface area (Å²) in [5.41, 5.74) is 0. The zero-order chi connectivity index (χ0) is 19.0. The third kappa shape index (κ3) is 31.5. The minimum Gasteiger partial charge on any atom is -0.481 e. The molecule has 0 rings (SSSR count). The number of carboxylic acid groups (broad SMARTS) is 1. The highest BCUT2D eigenvalue weighted by atomic mass is 16.4. The molecule has 0 heterocycles. The van der Waals surface area contributed by atoms with Gasteiger partial charge in [0.1, 0.15) is 0 Å². The van der Waals surface area contributed by atoms with Gasteiger partial charge in [-0.2, -0.15) is 0 Å². The first kappa shape index (κ1) is 26.4. The molecule has 25 heavy (non-hydrogen) atoms. The molecule has 150 valence electrons. The molecule has 0 radical (unpaired) electrons. The highest BCUT2D eigenvalue weighted by Crippen LogP contribution is 2.09. The van der Waals surface area contributed by atoms with Gasteiger partial charge < -0.3 is 10.2 Å². The minimum atomic E-state index is -0.664. The SMILES string of the molecule is CCCCCCCC/C=C\CCCCCCCC(=O)O.CCCCO. The molecule has 0 aliphatic carbocycles. The minimum absolute atomic E-state index is 0.332. The smallest absolute Gasteiger partial charge is 0.303 e. The van der Waals surface area contributed by atoms with Crippen LogP contribution < -0.4 is 0 Å². The van der Waals surface area contributed by atoms with Gasteiger partial charge in [-0.1, -0.05) is 83.8 Å². The number of hydrogen-bond acceptors (Lipinski definition) is 2. The van der Waals surface area contributed by atoms with Crippen molar-refractivity contribution in [3.8, 4) is 0 Å². The Morgan fingerprint density at radius 1 is 0.680 bits per heavy atom. The van der Waals surface area contributed by atoms with Gasteiger partial charge in [0.2, 0.25) is 0 Å². The van der Waals surface area contributed by atoms with E-state index >= 15 is 0 Å². The van der Waals surface area contributed by atoms with E-state index < -0.39 is 5.97 Å². The Balaban J connectivity index is 0. The van der Waals surface area contributed by atoms with E-state index in [1.165, 1.54) is 70.6 Å². The largest absolute Gasteiger partial charge is 0.481 e. The van der Waals surface area contributed by atoms with Crippen LogP contribution in [0.5, 0.6) is 0 Å². The maximum Gasteiger partial charge on any atom is 0.303 e. The fourth-order valence-electron chi connectivity index (χ4n) is 2.51. The molecule has 0 bridgehead atoms. The third-order valence-corrected chi connectivity index (χ3v) is 4.16. The van der Waals surface area contributed by atoms with Gasteiger partial charge in [0.05, 0.1) is 0 Å². The number of allylic oxidation sites excluding steroid dienone is 2. The molecule has 0 fully saturated rings. The summed E-state index contributed by atoms with van der Waals surface area (Å²) >= 11 is 0. The first-order valence-electron chi connectivity index (χ1n) is 10.7. The molecular formula is C22H44O3. The number of hydrogen-bond donors (Lipinski definition) is 2. The number of unbranched alkanes of at least 4 members (excludes halogenated alkanes) is 12. The lowest BCUT2D eigenvalue weighted by molar-refractivity contribution is -0.137. The van der Waals surface area contributed by atoms with Crippen molar-refractivity contribution < 1.29 is 15.0 Å². The van der Waals surface area contributed by atoms with E-state index in [0.29, 0.717) is 13.0 Å². The zero-order valence-corrected chi connectivity index (χ0v) is 17.0. The molecule has 0 amide bonds. The van der Waals surface area contributed by atoms with Crippen molar-refractivity contribution in [2.24, 2.45) is 0 Å². The molecule has 0 saturated heterocycles. The standard InChI is InChI=1S/C18H34O2.C4H10O/c1-2-3-4-5-6-7-8-9-10-11-12-13-14-15-16-17-18(19)20;1-2-3-4-5/h9-10H,2-8,11-17H2,1H3,(H,19,20);5H,2-4H2,1H3/b10-9-;. The van der Waals surface area contributed by atoms with Crippen molar-refractivity contribution in [1.82, 2.24) is 0 Å². The topological polar surface area (TPSA) is 57.5 Å². The summed E-state index contributed by atoms with van der Waals surface area (Å²) in [6, 6.07) is 0. The number of aliphatic hydroxyl groups is 1. The fraction of sp³-hybridized carbons (Fsp3) is 0.864. The summed E-state index contributed by atoms with van der Waals surface area (Å²) in [6.45, 7) is 4.65. The Hall–Kier alpha value is -0.830. The molecule has 2 N–H and O–H groups in total. The van der Waals surface area contributed by atoms with Crippen LogP contribution in [0.15, 0.2) is 12.2 Å². The van der Waals surface area contributed by atoms with Gasteiger partial charge in [0.15, 0.2) is 0 Å². The molecule has 0 aromatic carbocycles. The lowest BCUT2D eigenvalue weighted by Gasteiger charge is -1.99. The van der Waals surface area contributed by atoms with Gasteiger partial charge in [-0.3, -0.25) is 4.79 Å². The predicted octanol–water partition coefficient (Wildman–Crippen LogP) is 6.89. The van der Waals surface area contributed by atoms with Crippen LogP contribution in [-0.4, -0.2) is 22.8 Å². The summed E-state index contributed by atoms with van der Waals surface area (Å²) in [5.74, 6) is -0.664. The number of aliphatic carboxylic acids is 1. The Labute approximate surface area is 156 Å². The summed E-state index contributed by atoms with van der Waals surface area (Å²) in [7, 11) is 0. The molecule has 0 aliphatic heterocycles. The second-order valence-corrected chi connectivity index (χ2v) is 6.81. The Morgan fingerprint density at radius 3 is 1.52 bits per heavy atom. The van der Waals surface area contributed by atoms with E-state index in [0.717, 1.165) is 25.7 Å². The molecule has 0 aromatic heterocycles. The second kappa shape index (κ2) is 25.4. The van der Waals surface area contributed by atoms with Gasteiger partial charge in [0.25, 0.3) is 0 Å². The average Bonchev–Trinajstić information content (AvgIpc) is 2.59. The van der Waals surface area contributed by atoms with Crippen LogP contribution in [0.2, 0.25) is 0 Å². The summed E-state index contributed by atoms with van der Waals surface area (Å²) < 4.78 is 0.